The fraction of sp³-hybridized carbons (Fsp3) is 0.686. The largest absolute Gasteiger partial charge is 0.491 e. The normalized spacial score (nSPS) is 26.4. The van der Waals surface area contributed by atoms with Crippen molar-refractivity contribution in [1.29, 1.82) is 0 Å². The van der Waals surface area contributed by atoms with Crippen molar-refractivity contribution >= 4 is 25.4 Å². The fourth-order valence-corrected chi connectivity index (χ4v) is 8.70. The Bertz CT molecular complexity index is 1790. The highest BCUT2D eigenvalue weighted by molar-refractivity contribution is 6.74. The number of rotatable bonds is 7. The lowest BCUT2D eigenvalue weighted by Gasteiger charge is -2.52. The highest BCUT2D eigenvalue weighted by Gasteiger charge is 2.52. The second-order valence-corrected chi connectivity index (χ2v) is 21.8. The number of imidazole rings is 1. The molecule has 1 aromatic carbocycles. The van der Waals surface area contributed by atoms with Gasteiger partial charge in [-0.1, -0.05) is 20.8 Å². The monoisotopic (exact) mass is 762 g/mol. The van der Waals surface area contributed by atoms with Gasteiger partial charge < -0.3 is 28.0 Å². The van der Waals surface area contributed by atoms with Crippen LogP contribution in [0, 0.1) is 0 Å². The zero-order valence-electron chi connectivity index (χ0n) is 31.1. The third-order valence-electron chi connectivity index (χ3n) is 10.3. The average molecular weight is 763 g/mol. The molecule has 2 fully saturated rings. The van der Waals surface area contributed by atoms with Crippen LogP contribution in [0.4, 0.5) is 31.1 Å². The van der Waals surface area contributed by atoms with Crippen molar-refractivity contribution in [3.05, 3.63) is 41.9 Å². The Morgan fingerprint density at radius 1 is 1.02 bits per heavy atom. The summed E-state index contributed by atoms with van der Waals surface area (Å²) in [7, 11) is -2.14. The number of likely N-dealkylation sites (tertiary alicyclic amines) is 1. The number of halogens is 6. The fourth-order valence-electron chi connectivity index (χ4n) is 6.99. The maximum atomic E-state index is 14.7. The molecule has 1 aliphatic heterocycles. The second kappa shape index (κ2) is 12.9. The summed E-state index contributed by atoms with van der Waals surface area (Å²) in [6, 6.07) is 0.0433. The van der Waals surface area contributed by atoms with Gasteiger partial charge in [0.15, 0.2) is 14.0 Å². The quantitative estimate of drug-likeness (QED) is 0.187. The van der Waals surface area contributed by atoms with Crippen LogP contribution in [0.15, 0.2) is 29.1 Å². The SMILES string of the molecule is C[C@H]1C[C@@](O)(c2nc(C(F)(F)F)co2)C[C@@H](COc2cc(C(F)(F)F)c3c(c2)ncn3C2CC(C)(O[Si](C)(C)C(C)(C)C)C2)N1C(=O)OC(C)(C)C. The van der Waals surface area contributed by atoms with Crippen LogP contribution in [0.1, 0.15) is 104 Å². The number of piperidine rings is 1. The van der Waals surface area contributed by atoms with E-state index in [9.17, 15) is 36.2 Å². The van der Waals surface area contributed by atoms with E-state index in [1.165, 1.54) is 21.9 Å². The number of nitrogens with zero attached hydrogens (tertiary/aromatic N) is 4. The van der Waals surface area contributed by atoms with E-state index in [1.807, 2.05) is 6.92 Å². The van der Waals surface area contributed by atoms with Gasteiger partial charge in [-0.2, -0.15) is 26.3 Å². The number of hydrogen-bond donors (Lipinski definition) is 1. The highest BCUT2D eigenvalue weighted by Crippen LogP contribution is 2.51. The van der Waals surface area contributed by atoms with Gasteiger partial charge in [0, 0.05) is 31.0 Å². The number of aliphatic hydroxyl groups is 1. The predicted molar refractivity (Wildman–Crippen MR) is 181 cm³/mol. The first-order valence-electron chi connectivity index (χ1n) is 17.2. The van der Waals surface area contributed by atoms with E-state index in [4.69, 9.17) is 18.3 Å². The molecule has 5 rings (SSSR count). The van der Waals surface area contributed by atoms with Gasteiger partial charge in [-0.3, -0.25) is 4.90 Å². The molecule has 290 valence electrons. The molecule has 0 spiro atoms. The number of carbonyl (C=O) groups excluding carboxylic acids is 1. The van der Waals surface area contributed by atoms with Crippen molar-refractivity contribution in [1.82, 2.24) is 19.4 Å². The first-order valence-corrected chi connectivity index (χ1v) is 20.1. The minimum Gasteiger partial charge on any atom is -0.491 e. The van der Waals surface area contributed by atoms with Gasteiger partial charge in [0.2, 0.25) is 5.89 Å². The average Bonchev–Trinajstić information content (AvgIpc) is 3.60. The van der Waals surface area contributed by atoms with Gasteiger partial charge >= 0.3 is 18.4 Å². The van der Waals surface area contributed by atoms with Gasteiger partial charge in [0.1, 0.15) is 29.8 Å². The molecule has 1 saturated heterocycles. The number of hydrogen-bond acceptors (Lipinski definition) is 8. The van der Waals surface area contributed by atoms with Crippen LogP contribution in [0.2, 0.25) is 18.1 Å². The lowest BCUT2D eigenvalue weighted by atomic mass is 9.77. The Morgan fingerprint density at radius 2 is 1.65 bits per heavy atom. The minimum absolute atomic E-state index is 0.0345. The number of alkyl halides is 6. The summed E-state index contributed by atoms with van der Waals surface area (Å²) in [5, 5.41) is 11.5. The molecule has 2 aliphatic rings. The van der Waals surface area contributed by atoms with Gasteiger partial charge in [-0.05, 0) is 71.7 Å². The van der Waals surface area contributed by atoms with E-state index in [-0.39, 0.29) is 34.3 Å². The van der Waals surface area contributed by atoms with Crippen LogP contribution in [0.3, 0.4) is 0 Å². The molecule has 0 unspecified atom stereocenters. The van der Waals surface area contributed by atoms with Crippen LogP contribution in [-0.4, -0.2) is 68.8 Å². The topological polar surface area (TPSA) is 112 Å². The summed E-state index contributed by atoms with van der Waals surface area (Å²) >= 11 is 0. The molecule has 3 aromatic rings. The van der Waals surface area contributed by atoms with E-state index in [1.54, 1.807) is 27.7 Å². The number of benzene rings is 1. The lowest BCUT2D eigenvalue weighted by molar-refractivity contribution is -0.141. The van der Waals surface area contributed by atoms with E-state index in [2.05, 4.69) is 43.8 Å². The van der Waals surface area contributed by atoms with Crippen molar-refractivity contribution in [2.45, 2.75) is 146 Å². The number of amides is 1. The summed E-state index contributed by atoms with van der Waals surface area (Å²) in [4.78, 5) is 22.4. The lowest BCUT2D eigenvalue weighted by Crippen LogP contribution is -2.58. The molecule has 1 amide bonds. The van der Waals surface area contributed by atoms with Gasteiger partial charge in [0.05, 0.1) is 34.6 Å². The summed E-state index contributed by atoms with van der Waals surface area (Å²) < 4.78 is 109. The Labute approximate surface area is 299 Å². The minimum atomic E-state index is -4.83. The Hall–Kier alpha value is -3.31. The van der Waals surface area contributed by atoms with Crippen molar-refractivity contribution < 1.29 is 54.6 Å². The van der Waals surface area contributed by atoms with Crippen LogP contribution >= 0.6 is 0 Å². The number of fused-ring (bicyclic) bond motifs is 1. The van der Waals surface area contributed by atoms with Crippen LogP contribution < -0.4 is 4.74 Å². The highest BCUT2D eigenvalue weighted by atomic mass is 28.4. The van der Waals surface area contributed by atoms with Crippen LogP contribution in [0.25, 0.3) is 11.0 Å². The van der Waals surface area contributed by atoms with Gasteiger partial charge in [-0.25, -0.2) is 14.8 Å². The predicted octanol–water partition coefficient (Wildman–Crippen LogP) is 9.23. The molecule has 1 aliphatic carbocycles. The van der Waals surface area contributed by atoms with Crippen LogP contribution in [-0.2, 0) is 27.1 Å². The van der Waals surface area contributed by atoms with E-state index >= 15 is 0 Å². The maximum absolute atomic E-state index is 14.7. The van der Waals surface area contributed by atoms with Crippen molar-refractivity contribution in [2.24, 2.45) is 0 Å². The molecule has 3 atom stereocenters. The maximum Gasteiger partial charge on any atom is 0.436 e. The summed E-state index contributed by atoms with van der Waals surface area (Å²) in [6.07, 6.45) is -8.28. The molecule has 0 bridgehead atoms. The number of aromatic nitrogens is 3. The second-order valence-electron chi connectivity index (χ2n) is 17.0. The molecule has 1 N–H and O–H groups in total. The molecule has 1 saturated carbocycles. The van der Waals surface area contributed by atoms with Gasteiger partial charge in [0.25, 0.3) is 0 Å². The molecule has 0 radical (unpaired) electrons. The van der Waals surface area contributed by atoms with Crippen molar-refractivity contribution in [3.8, 4) is 5.75 Å². The Balaban J connectivity index is 1.43. The van der Waals surface area contributed by atoms with E-state index in [0.717, 1.165) is 6.07 Å². The Morgan fingerprint density at radius 3 is 2.19 bits per heavy atom. The molecule has 52 heavy (non-hydrogen) atoms. The standard InChI is InChI=1S/C35H48F6N4O6Si/c1-20-13-33(47,28-43-26(18-49-28)35(39,40)41)16-22(45(20)29(46)50-30(2,3)4)17-48-23-11-24(34(36,37)38)27-25(12-23)42-19-44(27)21-14-32(8,15-21)51-52(9,10)31(5,6)7/h11-12,18-22,47H,13-17H2,1-10H3/t20-,21?,22-,32?,33-/m0/s1. The molecule has 2 aromatic heterocycles. The number of ether oxygens (including phenoxy) is 2. The van der Waals surface area contributed by atoms with Crippen molar-refractivity contribution in [3.63, 3.8) is 0 Å². The first-order chi connectivity index (χ1) is 23.5. The zero-order valence-corrected chi connectivity index (χ0v) is 32.1. The first kappa shape index (κ1) is 39.9. The molecule has 10 nitrogen and oxygen atoms in total. The zero-order chi connectivity index (χ0) is 39.0. The Kier molecular flexibility index (Phi) is 9.91. The smallest absolute Gasteiger partial charge is 0.436 e. The third kappa shape index (κ3) is 8.10. The van der Waals surface area contributed by atoms with Crippen molar-refractivity contribution in [2.75, 3.05) is 6.61 Å². The number of oxazole rings is 1. The van der Waals surface area contributed by atoms with Crippen LogP contribution in [0.5, 0.6) is 5.75 Å². The summed E-state index contributed by atoms with van der Waals surface area (Å²) in [5.74, 6) is -0.806. The third-order valence-corrected chi connectivity index (χ3v) is 14.9. The molecular weight excluding hydrogens is 714 g/mol. The molecule has 3 heterocycles. The van der Waals surface area contributed by atoms with Gasteiger partial charge in [-0.15, -0.1) is 0 Å². The molecule has 17 heteroatoms. The summed E-state index contributed by atoms with van der Waals surface area (Å²) in [5.41, 5.74) is -5.84. The molecular formula is C35H48F6N4O6Si. The summed E-state index contributed by atoms with van der Waals surface area (Å²) in [6.45, 7) is 18.7. The number of carbonyl (C=O) groups is 1. The van der Waals surface area contributed by atoms with E-state index < -0.39 is 85.8 Å². The van der Waals surface area contributed by atoms with E-state index in [0.29, 0.717) is 19.1 Å².